The molecule has 0 radical (unpaired) electrons. The Bertz CT molecular complexity index is 831. The highest BCUT2D eigenvalue weighted by Crippen LogP contribution is 2.26. The highest BCUT2D eigenvalue weighted by Gasteiger charge is 2.18. The first-order valence-electron chi connectivity index (χ1n) is 7.09. The first-order chi connectivity index (χ1) is 11.1. The molecule has 0 atom stereocenters. The number of rotatable bonds is 5. The van der Waals surface area contributed by atoms with Crippen LogP contribution >= 0.6 is 0 Å². The Labute approximate surface area is 132 Å². The van der Waals surface area contributed by atoms with E-state index in [-0.39, 0.29) is 5.69 Å². The van der Waals surface area contributed by atoms with Crippen LogP contribution in [0.2, 0.25) is 0 Å². The van der Waals surface area contributed by atoms with Crippen molar-refractivity contribution in [1.82, 2.24) is 20.2 Å². The van der Waals surface area contributed by atoms with E-state index in [2.05, 4.69) is 15.5 Å². The zero-order chi connectivity index (χ0) is 16.4. The average Bonchev–Trinajstić information content (AvgIpc) is 3.13. The molecule has 2 aromatic heterocycles. The third kappa shape index (κ3) is 2.73. The monoisotopic (exact) mass is 312 g/mol. The molecule has 3 rings (SSSR count). The smallest absolute Gasteiger partial charge is 0.172 e. The van der Waals surface area contributed by atoms with E-state index in [0.717, 1.165) is 22.6 Å². The summed E-state index contributed by atoms with van der Waals surface area (Å²) in [6.45, 7) is 4.14. The third-order valence-corrected chi connectivity index (χ3v) is 3.71. The molecule has 0 bridgehead atoms. The molecule has 7 nitrogen and oxygen atoms in total. The summed E-state index contributed by atoms with van der Waals surface area (Å²) in [5, 5.41) is 12.0. The molecule has 0 aliphatic heterocycles. The lowest BCUT2D eigenvalue weighted by Crippen LogP contribution is -2.06. The number of aromatic nitrogens is 4. The molecule has 2 heterocycles. The SMILES string of the molecule is COc1cccc(-c2c(C=O)nnn2Cc2c(C)noc2C)c1. The van der Waals surface area contributed by atoms with Gasteiger partial charge in [-0.15, -0.1) is 5.10 Å². The highest BCUT2D eigenvalue weighted by molar-refractivity contribution is 5.83. The van der Waals surface area contributed by atoms with Gasteiger partial charge < -0.3 is 9.26 Å². The molecule has 3 aromatic rings. The highest BCUT2D eigenvalue weighted by atomic mass is 16.5. The lowest BCUT2D eigenvalue weighted by atomic mass is 10.1. The number of benzene rings is 1. The Morgan fingerprint density at radius 3 is 2.83 bits per heavy atom. The van der Waals surface area contributed by atoms with Crippen molar-refractivity contribution in [3.05, 3.63) is 47.0 Å². The molecule has 0 saturated carbocycles. The molecular weight excluding hydrogens is 296 g/mol. The number of nitrogens with zero attached hydrogens (tertiary/aromatic N) is 4. The number of carbonyl (C=O) groups excluding carboxylic acids is 1. The van der Waals surface area contributed by atoms with Gasteiger partial charge in [0.05, 0.1) is 25.0 Å². The fourth-order valence-electron chi connectivity index (χ4n) is 2.46. The maximum Gasteiger partial charge on any atom is 0.172 e. The Balaban J connectivity index is 2.09. The van der Waals surface area contributed by atoms with Crippen molar-refractivity contribution < 1.29 is 14.1 Å². The minimum Gasteiger partial charge on any atom is -0.497 e. The Morgan fingerprint density at radius 1 is 1.35 bits per heavy atom. The minimum atomic E-state index is 0.282. The summed E-state index contributed by atoms with van der Waals surface area (Å²) in [6.07, 6.45) is 0.700. The number of hydrogen-bond acceptors (Lipinski definition) is 6. The van der Waals surface area contributed by atoms with Crippen LogP contribution in [0.15, 0.2) is 28.8 Å². The molecule has 0 fully saturated rings. The van der Waals surface area contributed by atoms with Crippen molar-refractivity contribution in [1.29, 1.82) is 0 Å². The molecule has 0 N–H and O–H groups in total. The summed E-state index contributed by atoms with van der Waals surface area (Å²) >= 11 is 0. The van der Waals surface area contributed by atoms with E-state index in [1.165, 1.54) is 0 Å². The van der Waals surface area contributed by atoms with Crippen molar-refractivity contribution in [3.63, 3.8) is 0 Å². The second kappa shape index (κ2) is 6.04. The van der Waals surface area contributed by atoms with Gasteiger partial charge in [-0.25, -0.2) is 4.68 Å². The molecule has 23 heavy (non-hydrogen) atoms. The summed E-state index contributed by atoms with van der Waals surface area (Å²) in [6, 6.07) is 7.43. The predicted octanol–water partition coefficient (Wildman–Crippen LogP) is 2.42. The number of ether oxygens (including phenoxy) is 1. The molecule has 0 aliphatic rings. The average molecular weight is 312 g/mol. The van der Waals surface area contributed by atoms with Crippen molar-refractivity contribution >= 4 is 6.29 Å². The van der Waals surface area contributed by atoms with Gasteiger partial charge in [0.25, 0.3) is 0 Å². The summed E-state index contributed by atoms with van der Waals surface area (Å²) in [5.74, 6) is 1.42. The summed E-state index contributed by atoms with van der Waals surface area (Å²) in [5.41, 5.74) is 3.45. The van der Waals surface area contributed by atoms with Crippen LogP contribution in [0.25, 0.3) is 11.3 Å². The van der Waals surface area contributed by atoms with Crippen LogP contribution in [0.5, 0.6) is 5.75 Å². The van der Waals surface area contributed by atoms with Crippen molar-refractivity contribution in [2.75, 3.05) is 7.11 Å². The second-order valence-electron chi connectivity index (χ2n) is 5.13. The third-order valence-electron chi connectivity index (χ3n) is 3.71. The first kappa shape index (κ1) is 15.0. The van der Waals surface area contributed by atoms with Crippen LogP contribution in [-0.4, -0.2) is 33.5 Å². The Kier molecular flexibility index (Phi) is 3.92. The summed E-state index contributed by atoms with van der Waals surface area (Å²) in [7, 11) is 1.60. The van der Waals surface area contributed by atoms with E-state index in [1.54, 1.807) is 11.8 Å². The Hall–Kier alpha value is -2.96. The molecule has 0 aliphatic carbocycles. The zero-order valence-electron chi connectivity index (χ0n) is 13.1. The van der Waals surface area contributed by atoms with E-state index in [1.807, 2.05) is 38.1 Å². The number of methoxy groups -OCH3 is 1. The number of hydrogen-bond donors (Lipinski definition) is 0. The molecule has 0 unspecified atom stereocenters. The lowest BCUT2D eigenvalue weighted by Gasteiger charge is -2.08. The van der Waals surface area contributed by atoms with Crippen LogP contribution in [0.1, 0.15) is 27.5 Å². The molecule has 0 spiro atoms. The van der Waals surface area contributed by atoms with Gasteiger partial charge in [-0.05, 0) is 26.0 Å². The van der Waals surface area contributed by atoms with Crippen molar-refractivity contribution in [2.24, 2.45) is 0 Å². The first-order valence-corrected chi connectivity index (χ1v) is 7.09. The normalized spacial score (nSPS) is 10.7. The molecule has 118 valence electrons. The Morgan fingerprint density at radius 2 is 2.17 bits per heavy atom. The maximum atomic E-state index is 11.3. The van der Waals surface area contributed by atoms with E-state index in [0.29, 0.717) is 24.3 Å². The fraction of sp³-hybridized carbons (Fsp3) is 0.250. The predicted molar refractivity (Wildman–Crippen MR) is 82.5 cm³/mol. The maximum absolute atomic E-state index is 11.3. The second-order valence-corrected chi connectivity index (χ2v) is 5.13. The van der Waals surface area contributed by atoms with Gasteiger partial charge in [-0.2, -0.15) is 0 Å². The number of carbonyl (C=O) groups is 1. The van der Waals surface area contributed by atoms with Crippen LogP contribution in [0.3, 0.4) is 0 Å². The minimum absolute atomic E-state index is 0.282. The van der Waals surface area contributed by atoms with Crippen LogP contribution < -0.4 is 4.74 Å². The van der Waals surface area contributed by atoms with E-state index >= 15 is 0 Å². The zero-order valence-corrected chi connectivity index (χ0v) is 13.1. The van der Waals surface area contributed by atoms with Crippen molar-refractivity contribution in [2.45, 2.75) is 20.4 Å². The van der Waals surface area contributed by atoms with Gasteiger partial charge in [0, 0.05) is 11.1 Å². The molecular formula is C16H16N4O3. The van der Waals surface area contributed by atoms with Gasteiger partial charge >= 0.3 is 0 Å². The largest absolute Gasteiger partial charge is 0.497 e. The van der Waals surface area contributed by atoms with Crippen molar-refractivity contribution in [3.8, 4) is 17.0 Å². The van der Waals surface area contributed by atoms with Gasteiger partial charge in [0.1, 0.15) is 11.5 Å². The number of aldehydes is 1. The van der Waals surface area contributed by atoms with Crippen LogP contribution in [-0.2, 0) is 6.54 Å². The van der Waals surface area contributed by atoms with Crippen LogP contribution in [0.4, 0.5) is 0 Å². The topological polar surface area (TPSA) is 83.0 Å². The van der Waals surface area contributed by atoms with Crippen LogP contribution in [0, 0.1) is 13.8 Å². The van der Waals surface area contributed by atoms with Gasteiger partial charge in [0.15, 0.2) is 12.0 Å². The quantitative estimate of drug-likeness (QED) is 0.673. The fourth-order valence-corrected chi connectivity index (χ4v) is 2.46. The number of aryl methyl sites for hydroxylation is 2. The van der Waals surface area contributed by atoms with E-state index < -0.39 is 0 Å². The van der Waals surface area contributed by atoms with Gasteiger partial charge in [-0.1, -0.05) is 22.5 Å². The van der Waals surface area contributed by atoms with Gasteiger partial charge in [0.2, 0.25) is 0 Å². The van der Waals surface area contributed by atoms with E-state index in [4.69, 9.17) is 9.26 Å². The summed E-state index contributed by atoms with van der Waals surface area (Å²) < 4.78 is 12.1. The summed E-state index contributed by atoms with van der Waals surface area (Å²) in [4.78, 5) is 11.3. The molecule has 0 amide bonds. The standard InChI is InChI=1S/C16H16N4O3/c1-10-14(11(2)23-18-10)8-20-16(15(9-21)17-19-20)12-5-4-6-13(7-12)22-3/h4-7,9H,8H2,1-3H3. The van der Waals surface area contributed by atoms with E-state index in [9.17, 15) is 4.79 Å². The lowest BCUT2D eigenvalue weighted by molar-refractivity contribution is 0.111. The van der Waals surface area contributed by atoms with Gasteiger partial charge in [-0.3, -0.25) is 4.79 Å². The molecule has 1 aromatic carbocycles. The molecule has 7 heteroatoms. The molecule has 0 saturated heterocycles.